The van der Waals surface area contributed by atoms with Gasteiger partial charge in [0.05, 0.1) is 12.1 Å². The third kappa shape index (κ3) is 3.63. The quantitative estimate of drug-likeness (QED) is 0.687. The van der Waals surface area contributed by atoms with Crippen molar-refractivity contribution in [2.75, 3.05) is 13.1 Å². The number of sulfonamides is 1. The molecule has 4 rings (SSSR count). The summed E-state index contributed by atoms with van der Waals surface area (Å²) in [6.07, 6.45) is 4.51. The summed E-state index contributed by atoms with van der Waals surface area (Å²) in [4.78, 5) is 12.8. The number of aromatic nitrogens is 3. The molecule has 1 aromatic carbocycles. The van der Waals surface area contributed by atoms with Crippen molar-refractivity contribution >= 4 is 20.9 Å². The zero-order valence-electron chi connectivity index (χ0n) is 14.9. The molecule has 140 valence electrons. The number of nitrogens with zero attached hydrogens (tertiary/aromatic N) is 4. The van der Waals surface area contributed by atoms with Gasteiger partial charge in [-0.25, -0.2) is 13.4 Å². The number of para-hydroxylation sites is 1. The standard InChI is InChI=1S/C19H20N4O3S/c1-14-20-11-9-18(22-14)26-16-7-4-12-23(13-16)27(24,25)17-8-2-5-15-6-3-10-21-19(15)17/h2-3,5-6,8-11,16H,4,7,12-13H2,1H3. The fourth-order valence-corrected chi connectivity index (χ4v) is 4.99. The van der Waals surface area contributed by atoms with Crippen molar-refractivity contribution in [3.05, 3.63) is 54.6 Å². The Labute approximate surface area is 158 Å². The van der Waals surface area contributed by atoms with Gasteiger partial charge in [-0.1, -0.05) is 18.2 Å². The third-order valence-corrected chi connectivity index (χ3v) is 6.49. The number of benzene rings is 1. The van der Waals surface area contributed by atoms with Gasteiger partial charge >= 0.3 is 0 Å². The lowest BCUT2D eigenvalue weighted by atomic mass is 10.1. The fraction of sp³-hybridized carbons (Fsp3) is 0.316. The van der Waals surface area contributed by atoms with Crippen LogP contribution in [0.5, 0.6) is 5.88 Å². The summed E-state index contributed by atoms with van der Waals surface area (Å²) in [6.45, 7) is 2.54. The molecule has 0 amide bonds. The van der Waals surface area contributed by atoms with E-state index < -0.39 is 10.0 Å². The second-order valence-corrected chi connectivity index (χ2v) is 8.42. The summed E-state index contributed by atoms with van der Waals surface area (Å²) in [7, 11) is -3.66. The Morgan fingerprint density at radius 1 is 1.11 bits per heavy atom. The van der Waals surface area contributed by atoms with Gasteiger partial charge < -0.3 is 4.74 Å². The molecule has 27 heavy (non-hydrogen) atoms. The molecule has 1 fully saturated rings. The number of aryl methyl sites for hydroxylation is 1. The summed E-state index contributed by atoms with van der Waals surface area (Å²) < 4.78 is 33.9. The highest BCUT2D eigenvalue weighted by Gasteiger charge is 2.32. The van der Waals surface area contributed by atoms with Crippen LogP contribution in [0.4, 0.5) is 0 Å². The Balaban J connectivity index is 1.60. The third-order valence-electron chi connectivity index (χ3n) is 4.59. The Kier molecular flexibility index (Phi) is 4.75. The molecular formula is C19H20N4O3S. The van der Waals surface area contributed by atoms with Gasteiger partial charge in [-0.05, 0) is 31.9 Å². The van der Waals surface area contributed by atoms with E-state index in [4.69, 9.17) is 4.74 Å². The molecule has 0 saturated carbocycles. The van der Waals surface area contributed by atoms with E-state index in [1.54, 1.807) is 43.6 Å². The molecule has 0 aliphatic carbocycles. The largest absolute Gasteiger partial charge is 0.473 e. The number of hydrogen-bond acceptors (Lipinski definition) is 6. The van der Waals surface area contributed by atoms with Gasteiger partial charge in [-0.3, -0.25) is 4.98 Å². The maximum atomic E-state index is 13.3. The predicted molar refractivity (Wildman–Crippen MR) is 101 cm³/mol. The molecule has 1 unspecified atom stereocenters. The van der Waals surface area contributed by atoms with Gasteiger partial charge in [0, 0.05) is 30.4 Å². The highest BCUT2D eigenvalue weighted by Crippen LogP contribution is 2.27. The summed E-state index contributed by atoms with van der Waals surface area (Å²) >= 11 is 0. The van der Waals surface area contributed by atoms with Crippen molar-refractivity contribution < 1.29 is 13.2 Å². The molecule has 0 N–H and O–H groups in total. The van der Waals surface area contributed by atoms with Crippen LogP contribution in [-0.4, -0.2) is 46.9 Å². The number of fused-ring (bicyclic) bond motifs is 1. The number of ether oxygens (including phenoxy) is 1. The van der Waals surface area contributed by atoms with Crippen molar-refractivity contribution in [1.29, 1.82) is 0 Å². The zero-order chi connectivity index (χ0) is 18.9. The predicted octanol–water partition coefficient (Wildman–Crippen LogP) is 2.57. The molecule has 0 radical (unpaired) electrons. The van der Waals surface area contributed by atoms with E-state index in [2.05, 4.69) is 15.0 Å². The molecular weight excluding hydrogens is 364 g/mol. The van der Waals surface area contributed by atoms with E-state index >= 15 is 0 Å². The minimum Gasteiger partial charge on any atom is -0.473 e. The van der Waals surface area contributed by atoms with Crippen molar-refractivity contribution in [3.8, 4) is 5.88 Å². The summed E-state index contributed by atoms with van der Waals surface area (Å²) in [6, 6.07) is 10.6. The first-order valence-corrected chi connectivity index (χ1v) is 10.3. The first-order valence-electron chi connectivity index (χ1n) is 8.84. The smallest absolute Gasteiger partial charge is 0.245 e. The lowest BCUT2D eigenvalue weighted by Gasteiger charge is -2.32. The molecule has 7 nitrogen and oxygen atoms in total. The second kappa shape index (κ2) is 7.21. The Hall–Kier alpha value is -2.58. The monoisotopic (exact) mass is 384 g/mol. The van der Waals surface area contributed by atoms with Crippen LogP contribution in [0.1, 0.15) is 18.7 Å². The van der Waals surface area contributed by atoms with Crippen LogP contribution >= 0.6 is 0 Å². The lowest BCUT2D eigenvalue weighted by molar-refractivity contribution is 0.124. The molecule has 1 aliphatic rings. The minimum absolute atomic E-state index is 0.235. The van der Waals surface area contributed by atoms with Crippen molar-refractivity contribution in [2.45, 2.75) is 30.8 Å². The van der Waals surface area contributed by atoms with Crippen LogP contribution in [0.15, 0.2) is 53.7 Å². The molecule has 1 aliphatic heterocycles. The summed E-state index contributed by atoms with van der Waals surface area (Å²) in [5.74, 6) is 1.09. The van der Waals surface area contributed by atoms with Gasteiger partial charge in [0.25, 0.3) is 0 Å². The number of piperidine rings is 1. The average molecular weight is 384 g/mol. The van der Waals surface area contributed by atoms with Gasteiger partial charge in [0.2, 0.25) is 15.9 Å². The minimum atomic E-state index is -3.66. The van der Waals surface area contributed by atoms with Crippen LogP contribution in [-0.2, 0) is 10.0 Å². The topological polar surface area (TPSA) is 85.3 Å². The molecule has 3 heterocycles. The lowest BCUT2D eigenvalue weighted by Crippen LogP contribution is -2.44. The molecule has 1 saturated heterocycles. The van der Waals surface area contributed by atoms with Gasteiger partial charge in [0.15, 0.2) is 0 Å². The Morgan fingerprint density at radius 3 is 2.81 bits per heavy atom. The first kappa shape index (κ1) is 17.8. The molecule has 0 bridgehead atoms. The second-order valence-electron chi connectivity index (χ2n) is 6.52. The number of pyridine rings is 1. The summed E-state index contributed by atoms with van der Waals surface area (Å²) in [5, 5.41) is 0.805. The van der Waals surface area contributed by atoms with Crippen molar-refractivity contribution in [2.24, 2.45) is 0 Å². The maximum absolute atomic E-state index is 13.3. The Morgan fingerprint density at radius 2 is 1.96 bits per heavy atom. The molecule has 2 aromatic heterocycles. The molecule has 1 atom stereocenters. The molecule has 3 aromatic rings. The fourth-order valence-electron chi connectivity index (χ4n) is 3.31. The Bertz CT molecular complexity index is 1070. The summed E-state index contributed by atoms with van der Waals surface area (Å²) in [5.41, 5.74) is 0.495. The van der Waals surface area contributed by atoms with Crippen molar-refractivity contribution in [1.82, 2.24) is 19.3 Å². The van der Waals surface area contributed by atoms with Crippen LogP contribution < -0.4 is 4.74 Å². The van der Waals surface area contributed by atoms with E-state index in [1.807, 2.05) is 12.1 Å². The van der Waals surface area contributed by atoms with E-state index in [0.717, 1.165) is 18.2 Å². The number of hydrogen-bond donors (Lipinski definition) is 0. The maximum Gasteiger partial charge on any atom is 0.245 e. The molecule has 8 heteroatoms. The van der Waals surface area contributed by atoms with Crippen LogP contribution in [0, 0.1) is 6.92 Å². The van der Waals surface area contributed by atoms with Crippen molar-refractivity contribution in [3.63, 3.8) is 0 Å². The zero-order valence-corrected chi connectivity index (χ0v) is 15.8. The van der Waals surface area contributed by atoms with Crippen LogP contribution in [0.3, 0.4) is 0 Å². The number of rotatable bonds is 4. The SMILES string of the molecule is Cc1nccc(OC2CCCN(S(=O)(=O)c3cccc4cccnc34)C2)n1. The highest BCUT2D eigenvalue weighted by atomic mass is 32.2. The van der Waals surface area contributed by atoms with Crippen LogP contribution in [0.2, 0.25) is 0 Å². The van der Waals surface area contributed by atoms with Gasteiger partial charge in [-0.15, -0.1) is 0 Å². The average Bonchev–Trinajstić information content (AvgIpc) is 2.68. The van der Waals surface area contributed by atoms with Gasteiger partial charge in [0.1, 0.15) is 16.8 Å². The normalized spacial score (nSPS) is 18.5. The van der Waals surface area contributed by atoms with E-state index in [1.165, 1.54) is 4.31 Å². The highest BCUT2D eigenvalue weighted by molar-refractivity contribution is 7.89. The first-order chi connectivity index (χ1) is 13.0. The molecule has 0 spiro atoms. The van der Waals surface area contributed by atoms with Crippen LogP contribution in [0.25, 0.3) is 10.9 Å². The van der Waals surface area contributed by atoms with Gasteiger partial charge in [-0.2, -0.15) is 9.29 Å². The van der Waals surface area contributed by atoms with E-state index in [9.17, 15) is 8.42 Å². The van der Waals surface area contributed by atoms with E-state index in [0.29, 0.717) is 23.8 Å². The van der Waals surface area contributed by atoms with E-state index in [-0.39, 0.29) is 17.5 Å².